The summed E-state index contributed by atoms with van der Waals surface area (Å²) in [5, 5.41) is 1.04. The van der Waals surface area contributed by atoms with Crippen molar-refractivity contribution in [3.05, 3.63) is 36.0 Å². The Kier molecular flexibility index (Phi) is 3.89. The van der Waals surface area contributed by atoms with E-state index in [9.17, 15) is 9.59 Å². The van der Waals surface area contributed by atoms with Crippen LogP contribution in [0.2, 0.25) is 0 Å². The number of hydrogen-bond acceptors (Lipinski definition) is 4. The van der Waals surface area contributed by atoms with Crippen molar-refractivity contribution in [2.24, 2.45) is 5.92 Å². The molecule has 0 spiro atoms. The molecule has 1 amide bonds. The molecule has 5 rings (SSSR count). The van der Waals surface area contributed by atoms with Crippen molar-refractivity contribution in [2.75, 3.05) is 20.8 Å². The number of carbonyl (C=O) groups is 2. The normalized spacial score (nSPS) is 24.9. The number of hydrogen-bond donors (Lipinski definition) is 1. The van der Waals surface area contributed by atoms with E-state index < -0.39 is 11.8 Å². The lowest BCUT2D eigenvalue weighted by Crippen LogP contribution is -2.69. The predicted molar refractivity (Wildman–Crippen MR) is 92.0 cm³/mol. The summed E-state index contributed by atoms with van der Waals surface area (Å²) in [5.74, 6) is -0.970. The number of nitrogens with zero attached hydrogens (tertiary/aromatic N) is 1. The molecule has 2 saturated heterocycles. The van der Waals surface area contributed by atoms with E-state index in [1.165, 1.54) is 0 Å². The smallest absolute Gasteiger partial charge is 0.227 e. The van der Waals surface area contributed by atoms with Crippen molar-refractivity contribution in [1.82, 2.24) is 9.88 Å². The molecule has 25 heavy (non-hydrogen) atoms. The van der Waals surface area contributed by atoms with Crippen LogP contribution in [-0.4, -0.2) is 54.2 Å². The van der Waals surface area contributed by atoms with E-state index in [1.54, 1.807) is 19.1 Å². The van der Waals surface area contributed by atoms with Crippen LogP contribution in [0.25, 0.3) is 10.9 Å². The van der Waals surface area contributed by atoms with Crippen molar-refractivity contribution in [3.8, 4) is 0 Å². The first-order valence-corrected chi connectivity index (χ1v) is 8.55. The SMILES string of the molecule is COC1(OC)CC2CC(=O)[C@@H]1N(C(=O)Cc1c[nH]c3ccccc13)C2. The Labute approximate surface area is 146 Å². The fourth-order valence-electron chi connectivity index (χ4n) is 4.41. The van der Waals surface area contributed by atoms with E-state index in [2.05, 4.69) is 4.98 Å². The third kappa shape index (κ3) is 2.48. The van der Waals surface area contributed by atoms with Crippen molar-refractivity contribution >= 4 is 22.6 Å². The standard InChI is InChI=1S/C19H22N2O4/c1-24-19(25-2)9-12-7-16(22)18(19)21(11-12)17(23)8-13-10-20-15-6-4-3-5-14(13)15/h3-6,10,12,18,20H,7-9,11H2,1-2H3/t12?,18-/m0/s1. The quantitative estimate of drug-likeness (QED) is 0.862. The molecule has 2 atom stereocenters. The van der Waals surface area contributed by atoms with E-state index in [-0.39, 0.29) is 24.0 Å². The average molecular weight is 342 g/mol. The molecular formula is C19H22N2O4. The number of ketones is 1. The van der Waals surface area contributed by atoms with Crippen LogP contribution in [0.5, 0.6) is 0 Å². The fraction of sp³-hybridized carbons (Fsp3) is 0.474. The van der Waals surface area contributed by atoms with Gasteiger partial charge < -0.3 is 19.4 Å². The van der Waals surface area contributed by atoms with Crippen LogP contribution in [0.15, 0.2) is 30.5 Å². The van der Waals surface area contributed by atoms with Gasteiger partial charge in [0, 0.05) is 50.7 Å². The molecule has 0 radical (unpaired) electrons. The molecule has 2 aliphatic heterocycles. The third-order valence-electron chi connectivity index (χ3n) is 5.58. The summed E-state index contributed by atoms with van der Waals surface area (Å²) < 4.78 is 11.2. The van der Waals surface area contributed by atoms with Crippen molar-refractivity contribution < 1.29 is 19.1 Å². The van der Waals surface area contributed by atoms with Gasteiger partial charge >= 0.3 is 0 Å². The maximum absolute atomic E-state index is 13.0. The lowest BCUT2D eigenvalue weighted by atomic mass is 9.74. The van der Waals surface area contributed by atoms with Crippen LogP contribution in [0, 0.1) is 5.92 Å². The molecule has 1 aliphatic carbocycles. The van der Waals surface area contributed by atoms with Crippen LogP contribution in [-0.2, 0) is 25.5 Å². The minimum atomic E-state index is -1.02. The zero-order valence-corrected chi connectivity index (χ0v) is 14.5. The van der Waals surface area contributed by atoms with Crippen LogP contribution in [0.1, 0.15) is 18.4 Å². The van der Waals surface area contributed by atoms with Gasteiger partial charge in [0.05, 0.1) is 6.42 Å². The van der Waals surface area contributed by atoms with Crippen molar-refractivity contribution in [3.63, 3.8) is 0 Å². The number of fused-ring (bicyclic) bond motifs is 4. The summed E-state index contributed by atoms with van der Waals surface area (Å²) in [6.45, 7) is 0.589. The second kappa shape index (κ2) is 5.97. The molecule has 1 saturated carbocycles. The summed E-state index contributed by atoms with van der Waals surface area (Å²) in [4.78, 5) is 30.4. The zero-order valence-electron chi connectivity index (χ0n) is 14.5. The molecule has 2 aromatic rings. The molecule has 2 bridgehead atoms. The van der Waals surface area contributed by atoms with Crippen LogP contribution >= 0.6 is 0 Å². The fourth-order valence-corrected chi connectivity index (χ4v) is 4.41. The Hall–Kier alpha value is -2.18. The number of carbonyl (C=O) groups excluding carboxylic acids is 2. The van der Waals surface area contributed by atoms with Crippen LogP contribution < -0.4 is 0 Å². The van der Waals surface area contributed by atoms with Crippen molar-refractivity contribution in [1.29, 1.82) is 0 Å². The van der Waals surface area contributed by atoms with Gasteiger partial charge in [-0.2, -0.15) is 0 Å². The largest absolute Gasteiger partial charge is 0.361 e. The number of amides is 1. The van der Waals surface area contributed by atoms with Gasteiger partial charge in [-0.05, 0) is 17.5 Å². The van der Waals surface area contributed by atoms with Gasteiger partial charge in [0.25, 0.3) is 0 Å². The number of ether oxygens (including phenoxy) is 2. The molecular weight excluding hydrogens is 320 g/mol. The summed E-state index contributed by atoms with van der Waals surface area (Å²) in [7, 11) is 3.08. The Balaban J connectivity index is 1.62. The number of H-pyrrole nitrogens is 1. The summed E-state index contributed by atoms with van der Waals surface area (Å²) in [5.41, 5.74) is 1.94. The Morgan fingerprint density at radius 1 is 1.32 bits per heavy atom. The highest BCUT2D eigenvalue weighted by Gasteiger charge is 2.58. The highest BCUT2D eigenvalue weighted by Crippen LogP contribution is 2.42. The Morgan fingerprint density at radius 2 is 2.08 bits per heavy atom. The van der Waals surface area contributed by atoms with Crippen LogP contribution in [0.3, 0.4) is 0 Å². The van der Waals surface area contributed by atoms with E-state index in [1.807, 2.05) is 30.5 Å². The number of rotatable bonds is 4. The summed E-state index contributed by atoms with van der Waals surface area (Å²) in [6.07, 6.45) is 3.26. The molecule has 1 aromatic heterocycles. The average Bonchev–Trinajstić information content (AvgIpc) is 3.04. The third-order valence-corrected chi connectivity index (χ3v) is 5.58. The van der Waals surface area contributed by atoms with E-state index in [0.29, 0.717) is 19.4 Å². The molecule has 132 valence electrons. The first-order valence-electron chi connectivity index (χ1n) is 8.55. The molecule has 1 unspecified atom stereocenters. The number of piperidine rings is 2. The Bertz CT molecular complexity index is 824. The molecule has 1 aromatic carbocycles. The summed E-state index contributed by atoms with van der Waals surface area (Å²) in [6, 6.07) is 7.23. The second-order valence-electron chi connectivity index (χ2n) is 6.95. The van der Waals surface area contributed by atoms with Gasteiger partial charge in [-0.3, -0.25) is 9.59 Å². The monoisotopic (exact) mass is 342 g/mol. The predicted octanol–water partition coefficient (Wildman–Crippen LogP) is 1.89. The number of aromatic amines is 1. The minimum Gasteiger partial charge on any atom is -0.361 e. The number of methoxy groups -OCH3 is 2. The first-order chi connectivity index (χ1) is 12.1. The number of aromatic nitrogens is 1. The maximum atomic E-state index is 13.0. The molecule has 6 heteroatoms. The highest BCUT2D eigenvalue weighted by atomic mass is 16.7. The van der Waals surface area contributed by atoms with Crippen LogP contribution in [0.4, 0.5) is 0 Å². The Morgan fingerprint density at radius 3 is 2.80 bits per heavy atom. The van der Waals surface area contributed by atoms with Gasteiger partial charge in [-0.25, -0.2) is 0 Å². The summed E-state index contributed by atoms with van der Waals surface area (Å²) >= 11 is 0. The number of benzene rings is 1. The van der Waals surface area contributed by atoms with Gasteiger partial charge in [-0.15, -0.1) is 0 Å². The van der Waals surface area contributed by atoms with Gasteiger partial charge in [0.2, 0.25) is 5.91 Å². The molecule has 1 N–H and O–H groups in total. The first kappa shape index (κ1) is 16.3. The molecule has 3 heterocycles. The van der Waals surface area contributed by atoms with Gasteiger partial charge in [-0.1, -0.05) is 18.2 Å². The zero-order chi connectivity index (χ0) is 17.6. The lowest BCUT2D eigenvalue weighted by molar-refractivity contribution is -0.271. The van der Waals surface area contributed by atoms with E-state index in [0.717, 1.165) is 16.5 Å². The molecule has 3 fully saturated rings. The van der Waals surface area contributed by atoms with Gasteiger partial charge in [0.15, 0.2) is 11.6 Å². The topological polar surface area (TPSA) is 71.6 Å². The lowest BCUT2D eigenvalue weighted by Gasteiger charge is -2.53. The number of nitrogens with one attached hydrogen (secondary N) is 1. The number of para-hydroxylation sites is 1. The highest BCUT2D eigenvalue weighted by molar-refractivity contribution is 5.94. The second-order valence-corrected chi connectivity index (χ2v) is 6.95. The van der Waals surface area contributed by atoms with Gasteiger partial charge in [0.1, 0.15) is 6.04 Å². The number of Topliss-reactive ketones (excluding diaryl/α,β-unsaturated/α-hetero) is 1. The van der Waals surface area contributed by atoms with Crippen molar-refractivity contribution in [2.45, 2.75) is 31.1 Å². The maximum Gasteiger partial charge on any atom is 0.227 e. The van der Waals surface area contributed by atoms with E-state index >= 15 is 0 Å². The van der Waals surface area contributed by atoms with E-state index in [4.69, 9.17) is 9.47 Å². The molecule has 3 aliphatic rings. The molecule has 6 nitrogen and oxygen atoms in total. The minimum absolute atomic E-state index is 0.0264.